The zero-order valence-electron chi connectivity index (χ0n) is 10.8. The Kier molecular flexibility index (Phi) is 3.48. The normalized spacial score (nSPS) is 13.1. The van der Waals surface area contributed by atoms with Gasteiger partial charge in [0.1, 0.15) is 11.7 Å². The van der Waals surface area contributed by atoms with Crippen LogP contribution in [0.1, 0.15) is 36.0 Å². The van der Waals surface area contributed by atoms with Gasteiger partial charge in [0.2, 0.25) is 5.95 Å². The lowest BCUT2D eigenvalue weighted by atomic mass is 10.0. The molecule has 0 spiro atoms. The summed E-state index contributed by atoms with van der Waals surface area (Å²) < 4.78 is 19.8. The van der Waals surface area contributed by atoms with E-state index in [0.717, 1.165) is 6.07 Å². The number of carbonyl (C=O) groups is 1. The van der Waals surface area contributed by atoms with E-state index in [4.69, 9.17) is 4.74 Å². The number of aromatic nitrogens is 3. The lowest BCUT2D eigenvalue weighted by molar-refractivity contribution is 0.0541. The van der Waals surface area contributed by atoms with Crippen LogP contribution in [0.15, 0.2) is 12.3 Å². The van der Waals surface area contributed by atoms with Crippen LogP contribution < -0.4 is 0 Å². The number of carboxylic acid groups (broad SMARTS) is 1. The fourth-order valence-electron chi connectivity index (χ4n) is 2.06. The number of nitrogens with zero attached hydrogens (tertiary/aromatic N) is 3. The summed E-state index contributed by atoms with van der Waals surface area (Å²) in [6.45, 7) is 3.76. The average Bonchev–Trinajstić information content (AvgIpc) is 2.69. The zero-order valence-corrected chi connectivity index (χ0v) is 10.8. The number of methoxy groups -OCH3 is 1. The number of ether oxygens (including phenoxy) is 1. The number of halogens is 1. The van der Waals surface area contributed by atoms with Crippen molar-refractivity contribution in [3.05, 3.63) is 29.5 Å². The quantitative estimate of drug-likeness (QED) is 0.915. The molecule has 0 aliphatic heterocycles. The summed E-state index contributed by atoms with van der Waals surface area (Å²) in [5.74, 6) is -1.86. The molecule has 2 rings (SSSR count). The molecule has 0 aliphatic carbocycles. The van der Waals surface area contributed by atoms with Gasteiger partial charge in [-0.25, -0.2) is 14.3 Å². The maximum Gasteiger partial charge on any atom is 0.339 e. The summed E-state index contributed by atoms with van der Waals surface area (Å²) in [7, 11) is 1.47. The minimum Gasteiger partial charge on any atom is -0.478 e. The summed E-state index contributed by atoms with van der Waals surface area (Å²) >= 11 is 0. The molecule has 0 aromatic carbocycles. The third-order valence-corrected chi connectivity index (χ3v) is 2.85. The molecule has 2 heterocycles. The molecule has 6 nitrogen and oxygen atoms in total. The smallest absolute Gasteiger partial charge is 0.339 e. The van der Waals surface area contributed by atoms with Gasteiger partial charge < -0.3 is 9.84 Å². The van der Waals surface area contributed by atoms with Crippen molar-refractivity contribution in [1.82, 2.24) is 14.6 Å². The maximum atomic E-state index is 13.2. The summed E-state index contributed by atoms with van der Waals surface area (Å²) in [6.07, 6.45) is 0.679. The van der Waals surface area contributed by atoms with Crippen molar-refractivity contribution in [3.8, 4) is 0 Å². The summed E-state index contributed by atoms with van der Waals surface area (Å²) in [5, 5.41) is 12.9. The van der Waals surface area contributed by atoms with Crippen LogP contribution in [-0.4, -0.2) is 32.8 Å². The Balaban J connectivity index is 2.78. The minimum absolute atomic E-state index is 0.000890. The molecular formula is C12H14FN3O3. The highest BCUT2D eigenvalue weighted by Gasteiger charge is 2.26. The van der Waals surface area contributed by atoms with Gasteiger partial charge in [0.15, 0.2) is 5.65 Å². The first-order chi connectivity index (χ1) is 8.95. The molecule has 7 heteroatoms. The van der Waals surface area contributed by atoms with E-state index >= 15 is 0 Å². The topological polar surface area (TPSA) is 76.7 Å². The van der Waals surface area contributed by atoms with Gasteiger partial charge in [-0.2, -0.15) is 4.39 Å². The number of hydrogen-bond acceptors (Lipinski definition) is 4. The Morgan fingerprint density at radius 1 is 1.53 bits per heavy atom. The predicted octanol–water partition coefficient (Wildman–Crippen LogP) is 1.91. The van der Waals surface area contributed by atoms with Crippen LogP contribution >= 0.6 is 0 Å². The number of hydrogen-bond donors (Lipinski definition) is 1. The van der Waals surface area contributed by atoms with Crippen molar-refractivity contribution in [2.75, 3.05) is 7.11 Å². The number of carboxylic acids is 1. The van der Waals surface area contributed by atoms with Crippen molar-refractivity contribution in [1.29, 1.82) is 0 Å². The molecule has 1 N–H and O–H groups in total. The predicted molar refractivity (Wildman–Crippen MR) is 64.5 cm³/mol. The van der Waals surface area contributed by atoms with Crippen molar-refractivity contribution in [2.45, 2.75) is 20.0 Å². The van der Waals surface area contributed by atoms with Crippen LogP contribution in [0.4, 0.5) is 4.39 Å². The Hall–Kier alpha value is -2.02. The first-order valence-corrected chi connectivity index (χ1v) is 5.76. The number of aromatic carboxylic acids is 1. The fraction of sp³-hybridized carbons (Fsp3) is 0.417. The highest BCUT2D eigenvalue weighted by molar-refractivity contribution is 5.89. The van der Waals surface area contributed by atoms with Crippen LogP contribution in [0.3, 0.4) is 0 Å². The maximum absolute atomic E-state index is 13.2. The Morgan fingerprint density at radius 2 is 2.21 bits per heavy atom. The van der Waals surface area contributed by atoms with Crippen LogP contribution in [0.25, 0.3) is 5.65 Å². The van der Waals surface area contributed by atoms with Crippen molar-refractivity contribution < 1.29 is 19.0 Å². The number of rotatable bonds is 4. The van der Waals surface area contributed by atoms with Crippen LogP contribution in [0.2, 0.25) is 0 Å². The highest BCUT2D eigenvalue weighted by atomic mass is 19.1. The standard InChI is InChI=1S/C12H14FN3O3/c1-6(2)11(19-3)10-7(12(17)18)5-14-9-4-8(13)15-16(9)10/h4-6,11H,1-3H3,(H,17,18)/t11-/m0/s1. The molecule has 0 saturated carbocycles. The lowest BCUT2D eigenvalue weighted by Crippen LogP contribution is -2.19. The van der Waals surface area contributed by atoms with Crippen LogP contribution in [0, 0.1) is 11.9 Å². The van der Waals surface area contributed by atoms with E-state index in [9.17, 15) is 14.3 Å². The molecule has 0 amide bonds. The van der Waals surface area contributed by atoms with Crippen molar-refractivity contribution in [2.24, 2.45) is 5.92 Å². The fourth-order valence-corrected chi connectivity index (χ4v) is 2.06. The molecule has 19 heavy (non-hydrogen) atoms. The molecular weight excluding hydrogens is 253 g/mol. The van der Waals surface area contributed by atoms with Crippen molar-refractivity contribution in [3.63, 3.8) is 0 Å². The van der Waals surface area contributed by atoms with Gasteiger partial charge in [-0.15, -0.1) is 5.10 Å². The molecule has 0 bridgehead atoms. The number of fused-ring (bicyclic) bond motifs is 1. The van der Waals surface area contributed by atoms with Crippen LogP contribution in [0.5, 0.6) is 0 Å². The molecule has 0 unspecified atom stereocenters. The van der Waals surface area contributed by atoms with E-state index in [1.165, 1.54) is 17.8 Å². The molecule has 2 aromatic rings. The molecule has 0 fully saturated rings. The van der Waals surface area contributed by atoms with Crippen molar-refractivity contribution >= 4 is 11.6 Å². The monoisotopic (exact) mass is 267 g/mol. The van der Waals surface area contributed by atoms with Gasteiger partial charge in [0.05, 0.1) is 5.69 Å². The van der Waals surface area contributed by atoms with Crippen LogP contribution in [-0.2, 0) is 4.74 Å². The first kappa shape index (κ1) is 13.4. The van der Waals surface area contributed by atoms with E-state index in [1.54, 1.807) is 0 Å². The lowest BCUT2D eigenvalue weighted by Gasteiger charge is -2.21. The summed E-state index contributed by atoms with van der Waals surface area (Å²) in [4.78, 5) is 15.2. The Morgan fingerprint density at radius 3 is 2.74 bits per heavy atom. The van der Waals surface area contributed by atoms with E-state index in [2.05, 4.69) is 10.1 Å². The molecule has 0 aliphatic rings. The van der Waals surface area contributed by atoms with E-state index in [-0.39, 0.29) is 17.1 Å². The third kappa shape index (κ3) is 2.28. The van der Waals surface area contributed by atoms with Gasteiger partial charge in [0, 0.05) is 19.4 Å². The van der Waals surface area contributed by atoms with E-state index in [0.29, 0.717) is 5.69 Å². The SMILES string of the molecule is CO[C@H](c1c(C(=O)O)cnc2cc(F)nn12)C(C)C. The Bertz CT molecular complexity index is 624. The largest absolute Gasteiger partial charge is 0.478 e. The van der Waals surface area contributed by atoms with Gasteiger partial charge in [-0.3, -0.25) is 0 Å². The third-order valence-electron chi connectivity index (χ3n) is 2.85. The van der Waals surface area contributed by atoms with Gasteiger partial charge in [0.25, 0.3) is 0 Å². The second kappa shape index (κ2) is 4.93. The van der Waals surface area contributed by atoms with Gasteiger partial charge in [-0.1, -0.05) is 13.8 Å². The van der Waals surface area contributed by atoms with E-state index < -0.39 is 18.0 Å². The highest BCUT2D eigenvalue weighted by Crippen LogP contribution is 2.28. The molecule has 0 saturated heterocycles. The van der Waals surface area contributed by atoms with Gasteiger partial charge in [-0.05, 0) is 5.92 Å². The molecule has 0 radical (unpaired) electrons. The molecule has 2 aromatic heterocycles. The molecule has 102 valence electrons. The van der Waals surface area contributed by atoms with E-state index in [1.807, 2.05) is 13.8 Å². The minimum atomic E-state index is -1.15. The second-order valence-corrected chi connectivity index (χ2v) is 4.50. The first-order valence-electron chi connectivity index (χ1n) is 5.76. The zero-order chi connectivity index (χ0) is 14.2. The molecule has 1 atom stereocenters. The Labute approximate surface area is 108 Å². The summed E-state index contributed by atoms with van der Waals surface area (Å²) in [5.41, 5.74) is 0.496. The summed E-state index contributed by atoms with van der Waals surface area (Å²) in [6, 6.07) is 1.14. The average molecular weight is 267 g/mol. The van der Waals surface area contributed by atoms with Gasteiger partial charge >= 0.3 is 5.97 Å². The second-order valence-electron chi connectivity index (χ2n) is 4.50.